The normalized spacial score (nSPS) is 27.2. The maximum atomic E-state index is 3.51. The van der Waals surface area contributed by atoms with Crippen LogP contribution in [0.2, 0.25) is 0 Å². The van der Waals surface area contributed by atoms with E-state index in [2.05, 4.69) is 28.2 Å². The van der Waals surface area contributed by atoms with Gasteiger partial charge in [-0.15, -0.1) is 0 Å². The van der Waals surface area contributed by atoms with Gasteiger partial charge in [-0.05, 0) is 12.3 Å². The van der Waals surface area contributed by atoms with Crippen LogP contribution in [0.15, 0.2) is 0 Å². The molecular weight excluding hydrogens is 176 g/mol. The molecule has 14 heavy (non-hydrogen) atoms. The summed E-state index contributed by atoms with van der Waals surface area (Å²) in [6, 6.07) is 0. The van der Waals surface area contributed by atoms with Crippen molar-refractivity contribution in [3.8, 4) is 0 Å². The number of hydrogen-bond donors (Lipinski definition) is 4. The number of nitrogens with one attached hydrogen (secondary N) is 4. The quantitative estimate of drug-likeness (QED) is 0.489. The lowest BCUT2D eigenvalue weighted by Crippen LogP contribution is -2.43. The van der Waals surface area contributed by atoms with Crippen molar-refractivity contribution in [2.24, 2.45) is 5.92 Å². The van der Waals surface area contributed by atoms with Gasteiger partial charge in [0.25, 0.3) is 0 Å². The van der Waals surface area contributed by atoms with Crippen molar-refractivity contribution in [2.45, 2.75) is 32.1 Å². The molecule has 0 aromatic heterocycles. The van der Waals surface area contributed by atoms with E-state index in [1.165, 1.54) is 12.8 Å². The van der Waals surface area contributed by atoms with Crippen LogP contribution in [0.1, 0.15) is 19.8 Å². The Morgan fingerprint density at radius 3 is 2.14 bits per heavy atom. The largest absolute Gasteiger partial charge is 0.301 e. The Morgan fingerprint density at radius 2 is 1.57 bits per heavy atom. The molecule has 0 radical (unpaired) electrons. The molecule has 0 aromatic carbocycles. The summed E-state index contributed by atoms with van der Waals surface area (Å²) < 4.78 is 0. The minimum atomic E-state index is 0.532. The first kappa shape index (κ1) is 10.4. The lowest BCUT2D eigenvalue weighted by atomic mass is 9.97. The molecular formula is C10H22N4. The van der Waals surface area contributed by atoms with Crippen LogP contribution >= 0.6 is 0 Å². The van der Waals surface area contributed by atoms with Gasteiger partial charge in [-0.25, -0.2) is 0 Å². The Morgan fingerprint density at radius 1 is 1.00 bits per heavy atom. The second kappa shape index (κ2) is 5.07. The Labute approximate surface area is 86.2 Å². The Balaban J connectivity index is 1.79. The molecule has 4 heteroatoms. The third-order valence-corrected chi connectivity index (χ3v) is 3.29. The third kappa shape index (κ3) is 2.45. The lowest BCUT2D eigenvalue weighted by Gasteiger charge is -2.25. The van der Waals surface area contributed by atoms with Crippen molar-refractivity contribution >= 4 is 0 Å². The predicted molar refractivity (Wildman–Crippen MR) is 58.0 cm³/mol. The van der Waals surface area contributed by atoms with Gasteiger partial charge in [0.05, 0.1) is 12.3 Å². The molecule has 0 bridgehead atoms. The zero-order valence-corrected chi connectivity index (χ0v) is 8.97. The molecule has 2 aliphatic heterocycles. The van der Waals surface area contributed by atoms with E-state index >= 15 is 0 Å². The Kier molecular flexibility index (Phi) is 3.75. The standard InChI is InChI=1S/C10H22N4/c1-2-8(10-13-5-6-14-10)7-9-11-3-4-12-9/h8-14H,2-7H2,1H3. The van der Waals surface area contributed by atoms with Crippen LogP contribution in [-0.2, 0) is 0 Å². The van der Waals surface area contributed by atoms with E-state index in [1.807, 2.05) is 0 Å². The van der Waals surface area contributed by atoms with Gasteiger partial charge in [-0.2, -0.15) is 0 Å². The van der Waals surface area contributed by atoms with Crippen LogP contribution in [0.5, 0.6) is 0 Å². The van der Waals surface area contributed by atoms with Gasteiger partial charge in [-0.1, -0.05) is 13.3 Å². The molecule has 0 aromatic rings. The summed E-state index contributed by atoms with van der Waals surface area (Å²) in [4.78, 5) is 0. The van der Waals surface area contributed by atoms with Crippen molar-refractivity contribution in [3.05, 3.63) is 0 Å². The monoisotopic (exact) mass is 198 g/mol. The van der Waals surface area contributed by atoms with Crippen molar-refractivity contribution < 1.29 is 0 Å². The molecule has 0 spiro atoms. The molecule has 1 unspecified atom stereocenters. The van der Waals surface area contributed by atoms with Crippen LogP contribution in [0.3, 0.4) is 0 Å². The van der Waals surface area contributed by atoms with Gasteiger partial charge < -0.3 is 21.3 Å². The lowest BCUT2D eigenvalue weighted by molar-refractivity contribution is 0.292. The maximum absolute atomic E-state index is 3.51. The summed E-state index contributed by atoms with van der Waals surface area (Å²) in [5, 5.41) is 14.0. The Bertz CT molecular complexity index is 162. The highest BCUT2D eigenvalue weighted by molar-refractivity contribution is 4.84. The second-order valence-corrected chi connectivity index (χ2v) is 4.25. The molecule has 0 aliphatic carbocycles. The van der Waals surface area contributed by atoms with E-state index in [-0.39, 0.29) is 0 Å². The van der Waals surface area contributed by atoms with E-state index < -0.39 is 0 Å². The van der Waals surface area contributed by atoms with E-state index in [4.69, 9.17) is 0 Å². The number of rotatable bonds is 4. The summed E-state index contributed by atoms with van der Waals surface area (Å²) in [5.41, 5.74) is 0. The maximum Gasteiger partial charge on any atom is 0.0602 e. The van der Waals surface area contributed by atoms with Crippen molar-refractivity contribution in [3.63, 3.8) is 0 Å². The predicted octanol–water partition coefficient (Wildman–Crippen LogP) is -0.559. The van der Waals surface area contributed by atoms with Crippen molar-refractivity contribution in [1.29, 1.82) is 0 Å². The molecule has 0 amide bonds. The van der Waals surface area contributed by atoms with Crippen LogP contribution < -0.4 is 21.3 Å². The molecule has 1 atom stereocenters. The van der Waals surface area contributed by atoms with E-state index in [1.54, 1.807) is 0 Å². The molecule has 2 rings (SSSR count). The van der Waals surface area contributed by atoms with Crippen LogP contribution in [0.25, 0.3) is 0 Å². The highest BCUT2D eigenvalue weighted by Gasteiger charge is 2.26. The topological polar surface area (TPSA) is 48.1 Å². The summed E-state index contributed by atoms with van der Waals surface area (Å²) in [7, 11) is 0. The summed E-state index contributed by atoms with van der Waals surface area (Å²) in [6.45, 7) is 6.75. The van der Waals surface area contributed by atoms with E-state index in [9.17, 15) is 0 Å². The van der Waals surface area contributed by atoms with Gasteiger partial charge in [-0.3, -0.25) is 0 Å². The first-order valence-corrected chi connectivity index (χ1v) is 5.83. The minimum absolute atomic E-state index is 0.532. The van der Waals surface area contributed by atoms with Gasteiger partial charge >= 0.3 is 0 Å². The van der Waals surface area contributed by atoms with E-state index in [0.29, 0.717) is 12.3 Å². The summed E-state index contributed by atoms with van der Waals surface area (Å²) in [6.07, 6.45) is 3.53. The highest BCUT2D eigenvalue weighted by Crippen LogP contribution is 2.16. The Hall–Kier alpha value is -0.160. The SMILES string of the molecule is CCC(CC1NCCN1)C1NCCN1. The fraction of sp³-hybridized carbons (Fsp3) is 1.00. The van der Waals surface area contributed by atoms with Crippen molar-refractivity contribution in [1.82, 2.24) is 21.3 Å². The summed E-state index contributed by atoms with van der Waals surface area (Å²) >= 11 is 0. The minimum Gasteiger partial charge on any atom is -0.301 e. The zero-order chi connectivity index (χ0) is 9.80. The number of hydrogen-bond acceptors (Lipinski definition) is 4. The van der Waals surface area contributed by atoms with Gasteiger partial charge in [0.2, 0.25) is 0 Å². The molecule has 4 nitrogen and oxygen atoms in total. The first-order valence-electron chi connectivity index (χ1n) is 5.83. The highest BCUT2D eigenvalue weighted by atomic mass is 15.2. The molecule has 82 valence electrons. The smallest absolute Gasteiger partial charge is 0.0602 e. The van der Waals surface area contributed by atoms with Gasteiger partial charge in [0, 0.05) is 26.2 Å². The van der Waals surface area contributed by atoms with Crippen LogP contribution in [0, 0.1) is 5.92 Å². The zero-order valence-electron chi connectivity index (χ0n) is 8.97. The van der Waals surface area contributed by atoms with Gasteiger partial charge in [0.1, 0.15) is 0 Å². The van der Waals surface area contributed by atoms with Crippen LogP contribution in [-0.4, -0.2) is 38.5 Å². The fourth-order valence-corrected chi connectivity index (χ4v) is 2.43. The molecule has 0 saturated carbocycles. The third-order valence-electron chi connectivity index (χ3n) is 3.29. The average Bonchev–Trinajstić information content (AvgIpc) is 2.86. The first-order chi connectivity index (χ1) is 6.90. The molecule has 2 fully saturated rings. The van der Waals surface area contributed by atoms with Gasteiger partial charge in [0.15, 0.2) is 0 Å². The molecule has 4 N–H and O–H groups in total. The fourth-order valence-electron chi connectivity index (χ4n) is 2.43. The summed E-state index contributed by atoms with van der Waals surface area (Å²) in [5.74, 6) is 0.737. The molecule has 2 aliphatic rings. The molecule has 2 heterocycles. The second-order valence-electron chi connectivity index (χ2n) is 4.25. The molecule has 2 saturated heterocycles. The van der Waals surface area contributed by atoms with Crippen LogP contribution in [0.4, 0.5) is 0 Å². The van der Waals surface area contributed by atoms with Crippen molar-refractivity contribution in [2.75, 3.05) is 26.2 Å². The average molecular weight is 198 g/mol. The van der Waals surface area contributed by atoms with E-state index in [0.717, 1.165) is 32.1 Å².